The molecule has 1 N–H and O–H groups in total. The number of hydrogen-bond donors (Lipinski definition) is 1. The van der Waals surface area contributed by atoms with Gasteiger partial charge in [-0.3, -0.25) is 5.32 Å². The van der Waals surface area contributed by atoms with E-state index in [1.165, 1.54) is 31.2 Å². The second-order valence-electron chi connectivity index (χ2n) is 6.03. The Bertz CT molecular complexity index is 426. The molecule has 1 rings (SSSR count). The van der Waals surface area contributed by atoms with Crippen molar-refractivity contribution in [2.75, 3.05) is 0 Å². The van der Waals surface area contributed by atoms with E-state index < -0.39 is 0 Å². The molecule has 1 unspecified atom stereocenters. The van der Waals surface area contributed by atoms with Crippen molar-refractivity contribution >= 4 is 0 Å². The average molecular weight is 285 g/mol. The first kappa shape index (κ1) is 17.8. The summed E-state index contributed by atoms with van der Waals surface area (Å²) < 4.78 is 0. The largest absolute Gasteiger partial charge is 0.297 e. The summed E-state index contributed by atoms with van der Waals surface area (Å²) in [5.74, 6) is 6.88. The van der Waals surface area contributed by atoms with Gasteiger partial charge >= 0.3 is 0 Å². The zero-order chi connectivity index (χ0) is 15.4. The van der Waals surface area contributed by atoms with Gasteiger partial charge in [0.1, 0.15) is 0 Å². The summed E-state index contributed by atoms with van der Waals surface area (Å²) in [5, 5.41) is 3.64. The lowest BCUT2D eigenvalue weighted by atomic mass is 9.96. The highest BCUT2D eigenvalue weighted by atomic mass is 14.9. The molecule has 1 aromatic rings. The van der Waals surface area contributed by atoms with E-state index in [4.69, 9.17) is 0 Å². The molecule has 0 heterocycles. The molecule has 0 spiro atoms. The molecule has 0 saturated carbocycles. The molecule has 1 heteroatoms. The fraction of sp³-hybridized carbons (Fsp3) is 0.600. The zero-order valence-corrected chi connectivity index (χ0v) is 14.0. The van der Waals surface area contributed by atoms with Gasteiger partial charge in [-0.25, -0.2) is 0 Å². The van der Waals surface area contributed by atoms with E-state index in [2.05, 4.69) is 68.3 Å². The van der Waals surface area contributed by atoms with Gasteiger partial charge in [0, 0.05) is 13.0 Å². The van der Waals surface area contributed by atoms with E-state index in [-0.39, 0.29) is 5.54 Å². The van der Waals surface area contributed by atoms with Crippen LogP contribution in [0.25, 0.3) is 0 Å². The summed E-state index contributed by atoms with van der Waals surface area (Å²) in [6.45, 7) is 7.60. The molecule has 0 saturated heterocycles. The minimum absolute atomic E-state index is 0.0602. The molecule has 1 nitrogen and oxygen atoms in total. The molecular formula is C20H31N. The molecule has 116 valence electrons. The first-order valence-electron chi connectivity index (χ1n) is 8.49. The minimum atomic E-state index is -0.0602. The van der Waals surface area contributed by atoms with Gasteiger partial charge in [0.15, 0.2) is 0 Å². The summed E-state index contributed by atoms with van der Waals surface area (Å²) in [6, 6.07) is 10.6. The molecule has 0 fully saturated rings. The smallest absolute Gasteiger partial charge is 0.0774 e. The van der Waals surface area contributed by atoms with E-state index in [1.807, 2.05) is 0 Å². The second kappa shape index (κ2) is 10.5. The van der Waals surface area contributed by atoms with Gasteiger partial charge in [-0.15, -0.1) is 5.92 Å². The van der Waals surface area contributed by atoms with Crippen molar-refractivity contribution < 1.29 is 0 Å². The molecule has 0 aliphatic rings. The van der Waals surface area contributed by atoms with Crippen LogP contribution in [-0.4, -0.2) is 5.54 Å². The minimum Gasteiger partial charge on any atom is -0.297 e. The molecule has 21 heavy (non-hydrogen) atoms. The van der Waals surface area contributed by atoms with Crippen LogP contribution in [0.4, 0.5) is 0 Å². The van der Waals surface area contributed by atoms with Crippen LogP contribution in [0, 0.1) is 11.8 Å². The van der Waals surface area contributed by atoms with Crippen molar-refractivity contribution in [3.8, 4) is 11.8 Å². The molecule has 1 aromatic carbocycles. The third-order valence-electron chi connectivity index (χ3n) is 3.80. The zero-order valence-electron chi connectivity index (χ0n) is 14.0. The monoisotopic (exact) mass is 285 g/mol. The fourth-order valence-corrected chi connectivity index (χ4v) is 2.49. The normalized spacial score (nSPS) is 13.3. The highest BCUT2D eigenvalue weighted by molar-refractivity contribution is 5.19. The Morgan fingerprint density at radius 3 is 2.43 bits per heavy atom. The van der Waals surface area contributed by atoms with Gasteiger partial charge < -0.3 is 0 Å². The van der Waals surface area contributed by atoms with Crippen molar-refractivity contribution in [2.45, 2.75) is 77.8 Å². The molecule has 0 aromatic heterocycles. The fourth-order valence-electron chi connectivity index (χ4n) is 2.49. The van der Waals surface area contributed by atoms with E-state index >= 15 is 0 Å². The van der Waals surface area contributed by atoms with Gasteiger partial charge in [0.25, 0.3) is 0 Å². The maximum absolute atomic E-state index is 3.64. The standard InChI is InChI=1S/C20H31N/c1-4-6-7-8-9-13-17-20(3,16-5-2)21-18-19-14-11-10-12-15-19/h10-12,14-15,21H,4-9,16,18H2,1-3H3. The Hall–Kier alpha value is -1.26. The number of unbranched alkanes of at least 4 members (excludes halogenated alkanes) is 4. The Balaban J connectivity index is 2.47. The molecule has 0 aliphatic heterocycles. The summed E-state index contributed by atoms with van der Waals surface area (Å²) in [5.41, 5.74) is 1.26. The Morgan fingerprint density at radius 1 is 1.00 bits per heavy atom. The summed E-state index contributed by atoms with van der Waals surface area (Å²) in [6.07, 6.45) is 8.46. The highest BCUT2D eigenvalue weighted by Crippen LogP contribution is 2.13. The lowest BCUT2D eigenvalue weighted by molar-refractivity contribution is 0.416. The van der Waals surface area contributed by atoms with E-state index in [9.17, 15) is 0 Å². The van der Waals surface area contributed by atoms with Crippen LogP contribution in [-0.2, 0) is 6.54 Å². The van der Waals surface area contributed by atoms with Crippen LogP contribution < -0.4 is 5.32 Å². The van der Waals surface area contributed by atoms with Crippen molar-refractivity contribution in [1.29, 1.82) is 0 Å². The Kier molecular flexibility index (Phi) is 8.87. The quantitative estimate of drug-likeness (QED) is 0.479. The predicted octanol–water partition coefficient (Wildman–Crippen LogP) is 5.31. The van der Waals surface area contributed by atoms with Crippen LogP contribution in [0.1, 0.15) is 71.3 Å². The number of nitrogens with one attached hydrogen (secondary N) is 1. The summed E-state index contributed by atoms with van der Waals surface area (Å²) in [4.78, 5) is 0. The molecule has 0 radical (unpaired) electrons. The van der Waals surface area contributed by atoms with Crippen LogP contribution in [0.3, 0.4) is 0 Å². The van der Waals surface area contributed by atoms with E-state index in [0.717, 1.165) is 25.8 Å². The number of hydrogen-bond acceptors (Lipinski definition) is 1. The lowest BCUT2D eigenvalue weighted by Gasteiger charge is -2.25. The van der Waals surface area contributed by atoms with E-state index in [0.29, 0.717) is 0 Å². The maximum Gasteiger partial charge on any atom is 0.0774 e. The molecule has 0 aliphatic carbocycles. The Morgan fingerprint density at radius 2 is 1.76 bits per heavy atom. The van der Waals surface area contributed by atoms with Crippen LogP contribution in [0.2, 0.25) is 0 Å². The molecule has 0 amide bonds. The molecular weight excluding hydrogens is 254 g/mol. The third kappa shape index (κ3) is 7.93. The summed E-state index contributed by atoms with van der Waals surface area (Å²) in [7, 11) is 0. The topological polar surface area (TPSA) is 12.0 Å². The number of benzene rings is 1. The van der Waals surface area contributed by atoms with E-state index in [1.54, 1.807) is 0 Å². The van der Waals surface area contributed by atoms with Gasteiger partial charge in [0.05, 0.1) is 5.54 Å². The van der Waals surface area contributed by atoms with Gasteiger partial charge in [-0.1, -0.05) is 75.8 Å². The third-order valence-corrected chi connectivity index (χ3v) is 3.80. The van der Waals surface area contributed by atoms with Crippen molar-refractivity contribution in [1.82, 2.24) is 5.32 Å². The molecule has 1 atom stereocenters. The van der Waals surface area contributed by atoms with Crippen molar-refractivity contribution in [3.63, 3.8) is 0 Å². The first-order chi connectivity index (χ1) is 10.2. The van der Waals surface area contributed by atoms with Crippen LogP contribution in [0.15, 0.2) is 30.3 Å². The SMILES string of the molecule is CCCCCCC#CC(C)(CCC)NCc1ccccc1. The van der Waals surface area contributed by atoms with Crippen LogP contribution in [0.5, 0.6) is 0 Å². The summed E-state index contributed by atoms with van der Waals surface area (Å²) >= 11 is 0. The predicted molar refractivity (Wildman–Crippen MR) is 93.1 cm³/mol. The number of rotatable bonds is 9. The van der Waals surface area contributed by atoms with Crippen LogP contribution >= 0.6 is 0 Å². The average Bonchev–Trinajstić information content (AvgIpc) is 2.50. The van der Waals surface area contributed by atoms with Gasteiger partial charge in [0.2, 0.25) is 0 Å². The second-order valence-corrected chi connectivity index (χ2v) is 6.03. The Labute approximate surface area is 131 Å². The lowest BCUT2D eigenvalue weighted by Crippen LogP contribution is -2.40. The van der Waals surface area contributed by atoms with Gasteiger partial charge in [-0.05, 0) is 25.3 Å². The first-order valence-corrected chi connectivity index (χ1v) is 8.49. The molecule has 0 bridgehead atoms. The van der Waals surface area contributed by atoms with Crippen molar-refractivity contribution in [3.05, 3.63) is 35.9 Å². The maximum atomic E-state index is 3.64. The van der Waals surface area contributed by atoms with Crippen molar-refractivity contribution in [2.24, 2.45) is 0 Å². The highest BCUT2D eigenvalue weighted by Gasteiger charge is 2.19. The van der Waals surface area contributed by atoms with Gasteiger partial charge in [-0.2, -0.15) is 0 Å².